The molecule has 6 heteroatoms. The van der Waals surface area contributed by atoms with Gasteiger partial charge in [-0.1, -0.05) is 6.07 Å². The maximum absolute atomic E-state index is 13.6. The van der Waals surface area contributed by atoms with E-state index in [0.29, 0.717) is 17.5 Å². The summed E-state index contributed by atoms with van der Waals surface area (Å²) in [6.07, 6.45) is 0.101. The summed E-state index contributed by atoms with van der Waals surface area (Å²) in [4.78, 5) is 12.0. The maximum atomic E-state index is 13.6. The van der Waals surface area contributed by atoms with Gasteiger partial charge in [0.15, 0.2) is 0 Å². The molecule has 2 N–H and O–H groups in total. The molecule has 1 aromatic rings. The number of hydrogen-bond acceptors (Lipinski definition) is 3. The molecule has 0 spiro atoms. The third-order valence-electron chi connectivity index (χ3n) is 3.40. The lowest BCUT2D eigenvalue weighted by molar-refractivity contribution is -0.0252. The van der Waals surface area contributed by atoms with Crippen molar-refractivity contribution in [2.45, 2.75) is 25.0 Å². The predicted molar refractivity (Wildman–Crippen MR) is 71.4 cm³/mol. The van der Waals surface area contributed by atoms with Crippen molar-refractivity contribution in [3.8, 4) is 0 Å². The van der Waals surface area contributed by atoms with Gasteiger partial charge in [-0.15, -0.1) is 0 Å². The van der Waals surface area contributed by atoms with E-state index in [1.165, 1.54) is 12.1 Å². The van der Waals surface area contributed by atoms with Gasteiger partial charge in [0.05, 0.1) is 11.7 Å². The monoisotopic (exact) mass is 331 g/mol. The van der Waals surface area contributed by atoms with Crippen molar-refractivity contribution in [2.24, 2.45) is 0 Å². The van der Waals surface area contributed by atoms with E-state index in [1.54, 1.807) is 13.0 Å². The van der Waals surface area contributed by atoms with Crippen molar-refractivity contribution in [2.75, 3.05) is 13.2 Å². The van der Waals surface area contributed by atoms with E-state index in [9.17, 15) is 14.3 Å². The van der Waals surface area contributed by atoms with Crippen LogP contribution in [0.15, 0.2) is 22.7 Å². The fourth-order valence-electron chi connectivity index (χ4n) is 2.04. The minimum atomic E-state index is -1.09. The van der Waals surface area contributed by atoms with Crippen LogP contribution < -0.4 is 5.32 Å². The van der Waals surface area contributed by atoms with Gasteiger partial charge in [0.1, 0.15) is 11.4 Å². The van der Waals surface area contributed by atoms with Crippen molar-refractivity contribution in [1.29, 1.82) is 0 Å². The van der Waals surface area contributed by atoms with Crippen LogP contribution >= 0.6 is 15.9 Å². The molecule has 2 atom stereocenters. The number of carbonyl (C=O) groups excluding carboxylic acids is 1. The number of nitrogens with one attached hydrogen (secondary N) is 1. The van der Waals surface area contributed by atoms with Gasteiger partial charge < -0.3 is 15.2 Å². The largest absolute Gasteiger partial charge is 0.385 e. The summed E-state index contributed by atoms with van der Waals surface area (Å²) in [7, 11) is 0. The average molecular weight is 332 g/mol. The number of amides is 1. The number of aliphatic hydroxyl groups is 1. The summed E-state index contributed by atoms with van der Waals surface area (Å²) in [5.41, 5.74) is -1.15. The Balaban J connectivity index is 2.06. The number of benzene rings is 1. The summed E-state index contributed by atoms with van der Waals surface area (Å²) in [5, 5.41) is 12.8. The summed E-state index contributed by atoms with van der Waals surface area (Å²) in [6.45, 7) is 2.24. The van der Waals surface area contributed by atoms with Crippen molar-refractivity contribution in [1.82, 2.24) is 5.32 Å². The van der Waals surface area contributed by atoms with Crippen LogP contribution in [0, 0.1) is 5.82 Å². The summed E-state index contributed by atoms with van der Waals surface area (Å²) < 4.78 is 19.2. The first-order valence-corrected chi connectivity index (χ1v) is 6.79. The Morgan fingerprint density at radius 1 is 1.68 bits per heavy atom. The van der Waals surface area contributed by atoms with Gasteiger partial charge in [-0.2, -0.15) is 0 Å². The van der Waals surface area contributed by atoms with Gasteiger partial charge in [0.25, 0.3) is 5.91 Å². The molecule has 0 radical (unpaired) electrons. The molecule has 1 amide bonds. The van der Waals surface area contributed by atoms with Gasteiger partial charge >= 0.3 is 0 Å². The Morgan fingerprint density at radius 3 is 3.00 bits per heavy atom. The van der Waals surface area contributed by atoms with E-state index in [4.69, 9.17) is 4.74 Å². The highest BCUT2D eigenvalue weighted by Gasteiger charge is 2.39. The molecule has 1 heterocycles. The molecule has 19 heavy (non-hydrogen) atoms. The molecule has 1 aliphatic rings. The quantitative estimate of drug-likeness (QED) is 0.888. The molecule has 2 unspecified atom stereocenters. The Labute approximate surface area is 119 Å². The molecule has 1 aromatic carbocycles. The van der Waals surface area contributed by atoms with Gasteiger partial charge in [0.2, 0.25) is 0 Å². The second kappa shape index (κ2) is 5.56. The maximum Gasteiger partial charge on any atom is 0.255 e. The summed E-state index contributed by atoms with van der Waals surface area (Å²) in [6, 6.07) is 4.32. The lowest BCUT2D eigenvalue weighted by atomic mass is 9.96. The SMILES string of the molecule is CC1OCCC1(O)CNC(=O)c1c(F)cccc1Br. The first-order valence-electron chi connectivity index (χ1n) is 6.00. The topological polar surface area (TPSA) is 58.6 Å². The highest BCUT2D eigenvalue weighted by Crippen LogP contribution is 2.25. The molecule has 1 fully saturated rings. The molecular weight excluding hydrogens is 317 g/mol. The van der Waals surface area contributed by atoms with E-state index >= 15 is 0 Å². The van der Waals surface area contributed by atoms with E-state index < -0.39 is 17.3 Å². The van der Waals surface area contributed by atoms with Crippen LogP contribution in [-0.4, -0.2) is 35.9 Å². The number of halogens is 2. The van der Waals surface area contributed by atoms with Crippen LogP contribution in [0.4, 0.5) is 4.39 Å². The van der Waals surface area contributed by atoms with E-state index in [1.807, 2.05) is 0 Å². The molecular formula is C13H15BrFNO3. The normalized spacial score (nSPS) is 26.4. The highest BCUT2D eigenvalue weighted by atomic mass is 79.9. The Bertz CT molecular complexity index is 477. The third kappa shape index (κ3) is 2.96. The molecule has 2 rings (SSSR count). The van der Waals surface area contributed by atoms with Gasteiger partial charge in [0, 0.05) is 24.0 Å². The first kappa shape index (κ1) is 14.4. The average Bonchev–Trinajstić information content (AvgIpc) is 2.67. The first-order chi connectivity index (χ1) is 8.94. The van der Waals surface area contributed by atoms with Crippen LogP contribution in [-0.2, 0) is 4.74 Å². The Hall–Kier alpha value is -0.980. The van der Waals surface area contributed by atoms with Crippen LogP contribution in [0.3, 0.4) is 0 Å². The van der Waals surface area contributed by atoms with Crippen LogP contribution in [0.1, 0.15) is 23.7 Å². The molecule has 104 valence electrons. The third-order valence-corrected chi connectivity index (χ3v) is 4.07. The van der Waals surface area contributed by atoms with Crippen molar-refractivity contribution < 1.29 is 19.0 Å². The molecule has 0 aromatic heterocycles. The van der Waals surface area contributed by atoms with Crippen LogP contribution in [0.2, 0.25) is 0 Å². The zero-order valence-electron chi connectivity index (χ0n) is 10.5. The van der Waals surface area contributed by atoms with Gasteiger partial charge in [-0.05, 0) is 35.0 Å². The Kier molecular flexibility index (Phi) is 4.23. The highest BCUT2D eigenvalue weighted by molar-refractivity contribution is 9.10. The predicted octanol–water partition coefficient (Wildman–Crippen LogP) is 1.86. The number of carbonyl (C=O) groups is 1. The number of hydrogen-bond donors (Lipinski definition) is 2. The van der Waals surface area contributed by atoms with Crippen molar-refractivity contribution >= 4 is 21.8 Å². The molecule has 4 nitrogen and oxygen atoms in total. The molecule has 1 aliphatic heterocycles. The van der Waals surface area contributed by atoms with Crippen LogP contribution in [0.5, 0.6) is 0 Å². The number of ether oxygens (including phenoxy) is 1. The standard InChI is InChI=1S/C13H15BrFNO3/c1-8-13(18,5-6-19-8)7-16-12(17)11-9(14)3-2-4-10(11)15/h2-4,8,18H,5-7H2,1H3,(H,16,17). The van der Waals surface area contributed by atoms with E-state index in [2.05, 4.69) is 21.2 Å². The smallest absolute Gasteiger partial charge is 0.255 e. The molecule has 1 saturated heterocycles. The molecule has 0 aliphatic carbocycles. The Morgan fingerprint density at radius 2 is 2.42 bits per heavy atom. The summed E-state index contributed by atoms with van der Waals surface area (Å²) >= 11 is 3.14. The zero-order chi connectivity index (χ0) is 14.0. The molecule has 0 saturated carbocycles. The molecule has 0 bridgehead atoms. The van der Waals surface area contributed by atoms with Crippen LogP contribution in [0.25, 0.3) is 0 Å². The van der Waals surface area contributed by atoms with E-state index in [0.717, 1.165) is 0 Å². The summed E-state index contributed by atoms with van der Waals surface area (Å²) in [5.74, 6) is -1.16. The fourth-order valence-corrected chi connectivity index (χ4v) is 2.56. The van der Waals surface area contributed by atoms with Crippen molar-refractivity contribution in [3.05, 3.63) is 34.1 Å². The zero-order valence-corrected chi connectivity index (χ0v) is 12.0. The minimum absolute atomic E-state index is 0.0355. The lowest BCUT2D eigenvalue weighted by Gasteiger charge is -2.26. The van der Waals surface area contributed by atoms with Crippen molar-refractivity contribution in [3.63, 3.8) is 0 Å². The van der Waals surface area contributed by atoms with E-state index in [-0.39, 0.29) is 18.2 Å². The van der Waals surface area contributed by atoms with Gasteiger partial charge in [-0.3, -0.25) is 4.79 Å². The fraction of sp³-hybridized carbons (Fsp3) is 0.462. The minimum Gasteiger partial charge on any atom is -0.385 e. The lowest BCUT2D eigenvalue weighted by Crippen LogP contribution is -2.47. The second-order valence-corrected chi connectivity index (χ2v) is 5.50. The number of rotatable bonds is 3. The van der Waals surface area contributed by atoms with Gasteiger partial charge in [-0.25, -0.2) is 4.39 Å². The second-order valence-electron chi connectivity index (χ2n) is 4.65.